The molecule has 426 valence electrons. The molecule has 0 aromatic rings. The zero-order chi connectivity index (χ0) is 52.8. The lowest BCUT2D eigenvalue weighted by molar-refractivity contribution is -0.358. The molecular formula is C54H103NO16S. The summed E-state index contributed by atoms with van der Waals surface area (Å²) in [5.41, 5.74) is 0. The van der Waals surface area contributed by atoms with Crippen molar-refractivity contribution in [3.8, 4) is 0 Å². The monoisotopic (exact) mass is 1050 g/mol. The van der Waals surface area contributed by atoms with Crippen molar-refractivity contribution in [2.24, 2.45) is 0 Å². The van der Waals surface area contributed by atoms with Crippen molar-refractivity contribution in [1.82, 2.24) is 5.32 Å². The van der Waals surface area contributed by atoms with Gasteiger partial charge in [0.2, 0.25) is 5.91 Å². The Kier molecular flexibility index (Phi) is 38.7. The number of hydrogen-bond acceptors (Lipinski definition) is 15. The Hall–Kier alpha value is -1.36. The third kappa shape index (κ3) is 29.8. The van der Waals surface area contributed by atoms with Crippen LogP contribution >= 0.6 is 0 Å². The lowest BCUT2D eigenvalue weighted by Crippen LogP contribution is -2.65. The highest BCUT2D eigenvalue weighted by Gasteiger charge is 2.52. The van der Waals surface area contributed by atoms with Crippen molar-refractivity contribution in [1.29, 1.82) is 0 Å². The Morgan fingerprint density at radius 3 is 1.40 bits per heavy atom. The zero-order valence-electron chi connectivity index (χ0n) is 44.5. The number of nitrogens with one attached hydrogen (secondary N) is 1. The van der Waals surface area contributed by atoms with Gasteiger partial charge >= 0.3 is 10.4 Å². The van der Waals surface area contributed by atoms with Gasteiger partial charge in [0.25, 0.3) is 0 Å². The first-order valence-electron chi connectivity index (χ1n) is 28.6. The number of ether oxygens (including phenoxy) is 4. The second-order valence-corrected chi connectivity index (χ2v) is 21.6. The summed E-state index contributed by atoms with van der Waals surface area (Å²) in [7, 11) is -5.21. The molecule has 0 aromatic heterocycles. The smallest absolute Gasteiger partial charge is 0.394 e. The fourth-order valence-corrected chi connectivity index (χ4v) is 10.2. The highest BCUT2D eigenvalue weighted by molar-refractivity contribution is 7.80. The molecule has 0 aromatic carbocycles. The molecule has 2 heterocycles. The van der Waals surface area contributed by atoms with Gasteiger partial charge in [0.15, 0.2) is 12.6 Å². The highest BCUT2D eigenvalue weighted by Crippen LogP contribution is 2.31. The third-order valence-electron chi connectivity index (χ3n) is 14.2. The molecule has 12 atom stereocenters. The number of hydrogen-bond donors (Lipinski definition) is 9. The first-order chi connectivity index (χ1) is 34.8. The summed E-state index contributed by atoms with van der Waals surface area (Å²) >= 11 is 0. The molecule has 9 N–H and O–H groups in total. The summed E-state index contributed by atoms with van der Waals surface area (Å²) in [6.45, 7) is 2.41. The molecule has 12 unspecified atom stereocenters. The van der Waals surface area contributed by atoms with E-state index in [-0.39, 0.29) is 18.9 Å². The molecule has 0 radical (unpaired) electrons. The lowest BCUT2D eigenvalue weighted by atomic mass is 9.97. The van der Waals surface area contributed by atoms with Crippen LogP contribution in [0.15, 0.2) is 12.2 Å². The summed E-state index contributed by atoms with van der Waals surface area (Å²) in [6.07, 6.45) is 25.2. The van der Waals surface area contributed by atoms with Gasteiger partial charge in [-0.15, -0.1) is 0 Å². The Balaban J connectivity index is 1.84. The molecule has 2 aliphatic heterocycles. The highest BCUT2D eigenvalue weighted by atomic mass is 32.3. The average molecular weight is 1050 g/mol. The number of aliphatic hydroxyl groups excluding tert-OH is 7. The summed E-state index contributed by atoms with van der Waals surface area (Å²) in [5, 5.41) is 77.6. The molecule has 0 saturated carbocycles. The topological polar surface area (TPSA) is 271 Å². The van der Waals surface area contributed by atoms with Crippen LogP contribution in [0.1, 0.15) is 232 Å². The quantitative estimate of drug-likeness (QED) is 0.0158. The van der Waals surface area contributed by atoms with Crippen LogP contribution in [0.3, 0.4) is 0 Å². The van der Waals surface area contributed by atoms with E-state index in [9.17, 15) is 53.5 Å². The van der Waals surface area contributed by atoms with E-state index in [4.69, 9.17) is 18.9 Å². The molecule has 0 bridgehead atoms. The Morgan fingerprint density at radius 2 is 0.972 bits per heavy atom. The van der Waals surface area contributed by atoms with Crippen LogP contribution in [-0.2, 0) is 38.3 Å². The molecule has 17 nitrogen and oxygen atoms in total. The van der Waals surface area contributed by atoms with Gasteiger partial charge in [0.05, 0.1) is 32.0 Å². The Bertz CT molecular complexity index is 1440. The van der Waals surface area contributed by atoms with Gasteiger partial charge in [-0.25, -0.2) is 4.18 Å². The first-order valence-corrected chi connectivity index (χ1v) is 30.0. The molecule has 2 fully saturated rings. The standard InChI is InChI=1S/C54H103NO16S/c1-3-5-7-9-11-13-15-17-18-19-20-21-22-23-24-26-28-30-32-34-36-38-46(59)55-42(43(58)37-35-33-31-29-27-25-16-14-12-10-8-6-4-2)41-67-53-49(62)48(61)51(45(40-57)69-53)70-54-50(63)52(71-72(64,65)66)47(60)44(39-56)68-54/h35,37,42-45,47-54,56-58,60-63H,3-34,36,38-41H2,1-2H3,(H,55,59)(H,64,65,66)/b37-35+. The summed E-state index contributed by atoms with van der Waals surface area (Å²) in [6, 6.07) is -0.970. The minimum Gasteiger partial charge on any atom is -0.394 e. The molecule has 2 aliphatic rings. The van der Waals surface area contributed by atoms with E-state index >= 15 is 0 Å². The number of unbranched alkanes of at least 4 members (excludes halogenated alkanes) is 31. The number of rotatable bonds is 46. The van der Waals surface area contributed by atoms with Crippen molar-refractivity contribution in [3.05, 3.63) is 12.2 Å². The van der Waals surface area contributed by atoms with Gasteiger partial charge in [-0.3, -0.25) is 9.35 Å². The average Bonchev–Trinajstić information content (AvgIpc) is 3.35. The van der Waals surface area contributed by atoms with Gasteiger partial charge in [0.1, 0.15) is 48.8 Å². The molecule has 0 aliphatic carbocycles. The first kappa shape index (κ1) is 66.8. The van der Waals surface area contributed by atoms with Gasteiger partial charge in [-0.1, -0.05) is 219 Å². The minimum absolute atomic E-state index is 0.247. The van der Waals surface area contributed by atoms with E-state index in [1.807, 2.05) is 6.08 Å². The number of amides is 1. The fourth-order valence-electron chi connectivity index (χ4n) is 9.65. The van der Waals surface area contributed by atoms with Crippen molar-refractivity contribution in [2.45, 2.75) is 306 Å². The van der Waals surface area contributed by atoms with Gasteiger partial charge < -0.3 is 60.0 Å². The molecule has 72 heavy (non-hydrogen) atoms. The molecule has 2 rings (SSSR count). The van der Waals surface area contributed by atoms with E-state index in [1.54, 1.807) is 6.08 Å². The molecule has 0 spiro atoms. The number of aliphatic hydroxyl groups is 7. The lowest BCUT2D eigenvalue weighted by Gasteiger charge is -2.46. The van der Waals surface area contributed by atoms with Gasteiger partial charge in [-0.05, 0) is 19.3 Å². The summed E-state index contributed by atoms with van der Waals surface area (Å²) < 4.78 is 59.1. The molecule has 2 saturated heterocycles. The SMILES string of the molecule is CCCCCCCCCCCCC/C=C/C(O)C(COC1OC(CO)C(OC2OC(CO)C(O)C(OS(=O)(=O)O)C2O)C(O)C1O)NC(=O)CCCCCCCCCCCCCCCCCCCCCCC. The van der Waals surface area contributed by atoms with Gasteiger partial charge in [-0.2, -0.15) is 8.42 Å². The Labute approximate surface area is 434 Å². The van der Waals surface area contributed by atoms with E-state index in [0.29, 0.717) is 6.42 Å². The third-order valence-corrected chi connectivity index (χ3v) is 14.6. The minimum atomic E-state index is -5.21. The van der Waals surface area contributed by atoms with Crippen LogP contribution in [0.5, 0.6) is 0 Å². The largest absolute Gasteiger partial charge is 0.397 e. The number of carbonyl (C=O) groups excluding carboxylic acids is 1. The van der Waals surface area contributed by atoms with Crippen molar-refractivity contribution in [2.75, 3.05) is 19.8 Å². The van der Waals surface area contributed by atoms with E-state index in [2.05, 4.69) is 23.3 Å². The number of allylic oxidation sites excluding steroid dienone is 1. The maximum atomic E-state index is 13.2. The molecule has 1 amide bonds. The fraction of sp³-hybridized carbons (Fsp3) is 0.944. The van der Waals surface area contributed by atoms with E-state index in [1.165, 1.54) is 161 Å². The van der Waals surface area contributed by atoms with Crippen molar-refractivity contribution >= 4 is 16.3 Å². The van der Waals surface area contributed by atoms with Crippen molar-refractivity contribution in [3.63, 3.8) is 0 Å². The van der Waals surface area contributed by atoms with Crippen LogP contribution < -0.4 is 5.32 Å². The maximum absolute atomic E-state index is 13.2. The van der Waals surface area contributed by atoms with Crippen LogP contribution in [-0.4, -0.2) is 148 Å². The zero-order valence-corrected chi connectivity index (χ0v) is 45.3. The molecular weight excluding hydrogens is 951 g/mol. The van der Waals surface area contributed by atoms with Crippen LogP contribution in [0, 0.1) is 0 Å². The normalized spacial score (nSPS) is 25.8. The second-order valence-electron chi connectivity index (χ2n) is 20.6. The Morgan fingerprint density at radius 1 is 0.556 bits per heavy atom. The van der Waals surface area contributed by atoms with E-state index in [0.717, 1.165) is 44.9 Å². The van der Waals surface area contributed by atoms with Crippen LogP contribution in [0.4, 0.5) is 0 Å². The van der Waals surface area contributed by atoms with Crippen LogP contribution in [0.25, 0.3) is 0 Å². The summed E-state index contributed by atoms with van der Waals surface area (Å²) in [5.74, 6) is -0.278. The number of carbonyl (C=O) groups is 1. The van der Waals surface area contributed by atoms with Crippen molar-refractivity contribution < 1.29 is 76.6 Å². The maximum Gasteiger partial charge on any atom is 0.397 e. The predicted octanol–water partition coefficient (Wildman–Crippen LogP) is 8.16. The van der Waals surface area contributed by atoms with Crippen LogP contribution in [0.2, 0.25) is 0 Å². The second kappa shape index (κ2) is 41.8. The summed E-state index contributed by atoms with van der Waals surface area (Å²) in [4.78, 5) is 13.2. The van der Waals surface area contributed by atoms with E-state index < -0.39 is 97.2 Å². The molecule has 18 heteroatoms. The predicted molar refractivity (Wildman–Crippen MR) is 278 cm³/mol. The van der Waals surface area contributed by atoms with Gasteiger partial charge in [0, 0.05) is 6.42 Å².